The predicted molar refractivity (Wildman–Crippen MR) is 144 cm³/mol. The number of carbonyl (C=O) groups excluding carboxylic acids is 1. The second-order valence-corrected chi connectivity index (χ2v) is 13.6. The Labute approximate surface area is 217 Å². The highest BCUT2D eigenvalue weighted by molar-refractivity contribution is 7.91. The Morgan fingerprint density at radius 3 is 2.36 bits per heavy atom. The number of sulfone groups is 1. The maximum absolute atomic E-state index is 12.7. The number of carbonyl (C=O) groups is 1. The summed E-state index contributed by atoms with van der Waals surface area (Å²) in [5.74, 6) is 1.08. The fourth-order valence-corrected chi connectivity index (χ4v) is 6.91. The molecule has 1 fully saturated rings. The van der Waals surface area contributed by atoms with Crippen molar-refractivity contribution in [1.82, 2.24) is 9.88 Å². The summed E-state index contributed by atoms with van der Waals surface area (Å²) in [4.78, 5) is 21.5. The summed E-state index contributed by atoms with van der Waals surface area (Å²) in [6.45, 7) is 7.80. The number of aromatic nitrogens is 1. The van der Waals surface area contributed by atoms with Gasteiger partial charge in [-0.2, -0.15) is 0 Å². The van der Waals surface area contributed by atoms with Gasteiger partial charge in [-0.15, -0.1) is 11.3 Å². The van der Waals surface area contributed by atoms with Gasteiger partial charge in [0.25, 0.3) is 0 Å². The van der Waals surface area contributed by atoms with E-state index in [1.165, 1.54) is 28.8 Å². The van der Waals surface area contributed by atoms with E-state index in [1.54, 1.807) is 42.5 Å². The molecule has 1 aliphatic carbocycles. The molecule has 0 spiro atoms. The van der Waals surface area contributed by atoms with Gasteiger partial charge in [0.2, 0.25) is 5.91 Å². The van der Waals surface area contributed by atoms with Crippen molar-refractivity contribution < 1.29 is 13.2 Å². The molecule has 2 heterocycles. The molecule has 5 rings (SSSR count). The van der Waals surface area contributed by atoms with Crippen molar-refractivity contribution in [2.75, 3.05) is 11.1 Å². The first kappa shape index (κ1) is 25.1. The Morgan fingerprint density at radius 2 is 1.75 bits per heavy atom. The zero-order valence-electron chi connectivity index (χ0n) is 21.0. The zero-order chi connectivity index (χ0) is 25.4. The van der Waals surface area contributed by atoms with Gasteiger partial charge in [-0.1, -0.05) is 57.2 Å². The fourth-order valence-electron chi connectivity index (χ4n) is 4.99. The van der Waals surface area contributed by atoms with Crippen LogP contribution in [0.25, 0.3) is 0 Å². The molecule has 8 heteroatoms. The smallest absolute Gasteiger partial charge is 0.230 e. The van der Waals surface area contributed by atoms with Crippen LogP contribution in [0.1, 0.15) is 72.8 Å². The maximum Gasteiger partial charge on any atom is 0.230 e. The number of rotatable bonds is 9. The molecular weight excluding hydrogens is 490 g/mol. The van der Waals surface area contributed by atoms with Crippen LogP contribution in [0.2, 0.25) is 0 Å². The summed E-state index contributed by atoms with van der Waals surface area (Å²) in [7, 11) is -3.24. The lowest BCUT2D eigenvalue weighted by atomic mass is 10.0. The van der Waals surface area contributed by atoms with Crippen molar-refractivity contribution in [2.45, 2.75) is 70.0 Å². The largest absolute Gasteiger partial charge is 0.302 e. The van der Waals surface area contributed by atoms with Crippen molar-refractivity contribution in [2.24, 2.45) is 5.92 Å². The zero-order valence-corrected chi connectivity index (χ0v) is 22.7. The highest BCUT2D eigenvalue weighted by atomic mass is 32.2. The molecule has 0 bridgehead atoms. The Hall–Kier alpha value is -2.55. The molecule has 1 amide bonds. The molecule has 190 valence electrons. The second-order valence-electron chi connectivity index (χ2n) is 10.2. The lowest BCUT2D eigenvalue weighted by Crippen LogP contribution is -2.26. The van der Waals surface area contributed by atoms with Crippen LogP contribution in [0.4, 0.5) is 5.13 Å². The Bertz CT molecular complexity index is 1340. The minimum atomic E-state index is -3.24. The van der Waals surface area contributed by atoms with Crippen molar-refractivity contribution >= 4 is 32.2 Å². The first-order valence-electron chi connectivity index (χ1n) is 12.7. The molecule has 3 aromatic rings. The minimum absolute atomic E-state index is 0.0586. The number of hydrogen-bond donors (Lipinski definition) is 1. The highest BCUT2D eigenvalue weighted by Crippen LogP contribution is 2.43. The average molecular weight is 524 g/mol. The van der Waals surface area contributed by atoms with Gasteiger partial charge in [-0.25, -0.2) is 13.4 Å². The molecule has 6 nitrogen and oxygen atoms in total. The first-order valence-corrected chi connectivity index (χ1v) is 15.1. The van der Waals surface area contributed by atoms with Crippen molar-refractivity contribution in [1.29, 1.82) is 0 Å². The Kier molecular flexibility index (Phi) is 7.03. The number of hydrogen-bond acceptors (Lipinski definition) is 6. The Morgan fingerprint density at radius 1 is 1.08 bits per heavy atom. The SMILES string of the molecule is CCS(=O)(=O)c1ccc(CC(=O)Nc2nc3c(s2)CN(Cc2ccc(C4CC4)cc2)[C@H]3C(C)C)cc1. The van der Waals surface area contributed by atoms with E-state index in [2.05, 4.69) is 48.3 Å². The van der Waals surface area contributed by atoms with Gasteiger partial charge in [0, 0.05) is 18.0 Å². The summed E-state index contributed by atoms with van der Waals surface area (Å²) < 4.78 is 24.0. The summed E-state index contributed by atoms with van der Waals surface area (Å²) in [5, 5.41) is 3.59. The molecule has 2 aliphatic rings. The molecule has 0 radical (unpaired) electrons. The number of nitrogens with one attached hydrogen (secondary N) is 1. The molecule has 0 saturated heterocycles. The molecule has 1 N–H and O–H groups in total. The average Bonchev–Trinajstić information content (AvgIpc) is 3.54. The van der Waals surface area contributed by atoms with E-state index >= 15 is 0 Å². The molecular formula is C28H33N3O3S2. The number of anilines is 1. The van der Waals surface area contributed by atoms with Gasteiger partial charge in [-0.3, -0.25) is 9.69 Å². The third-order valence-corrected chi connectivity index (χ3v) is 9.79. The van der Waals surface area contributed by atoms with Crippen LogP contribution in [-0.2, 0) is 34.1 Å². The molecule has 0 unspecified atom stereocenters. The van der Waals surface area contributed by atoms with Gasteiger partial charge >= 0.3 is 0 Å². The van der Waals surface area contributed by atoms with E-state index in [0.29, 0.717) is 11.0 Å². The Balaban J connectivity index is 1.22. The van der Waals surface area contributed by atoms with Gasteiger partial charge in [-0.05, 0) is 53.5 Å². The van der Waals surface area contributed by atoms with Crippen LogP contribution in [-0.4, -0.2) is 30.0 Å². The lowest BCUT2D eigenvalue weighted by molar-refractivity contribution is -0.115. The van der Waals surface area contributed by atoms with Crippen LogP contribution < -0.4 is 5.32 Å². The minimum Gasteiger partial charge on any atom is -0.302 e. The maximum atomic E-state index is 12.7. The molecule has 2 aromatic carbocycles. The highest BCUT2D eigenvalue weighted by Gasteiger charge is 2.36. The van der Waals surface area contributed by atoms with Crippen molar-refractivity contribution in [3.05, 3.63) is 75.8 Å². The summed E-state index contributed by atoms with van der Waals surface area (Å²) in [6.07, 6.45) is 2.82. The van der Waals surface area contributed by atoms with Crippen LogP contribution in [0.15, 0.2) is 53.4 Å². The summed E-state index contributed by atoms with van der Waals surface area (Å²) in [5.41, 5.74) is 4.63. The number of nitrogens with zero attached hydrogens (tertiary/aromatic N) is 2. The van der Waals surface area contributed by atoms with Crippen molar-refractivity contribution in [3.8, 4) is 0 Å². The van der Waals surface area contributed by atoms with E-state index in [4.69, 9.17) is 4.98 Å². The monoisotopic (exact) mass is 523 g/mol. The van der Waals surface area contributed by atoms with Gasteiger partial charge in [0.1, 0.15) is 0 Å². The number of thiazole rings is 1. The molecule has 1 aliphatic heterocycles. The van der Waals surface area contributed by atoms with E-state index in [-0.39, 0.29) is 29.0 Å². The lowest BCUT2D eigenvalue weighted by Gasteiger charge is -2.27. The van der Waals surface area contributed by atoms with E-state index in [9.17, 15) is 13.2 Å². The van der Waals surface area contributed by atoms with Gasteiger partial charge < -0.3 is 5.32 Å². The molecule has 1 saturated carbocycles. The van der Waals surface area contributed by atoms with Crippen LogP contribution in [0, 0.1) is 5.92 Å². The number of fused-ring (bicyclic) bond motifs is 1. The first-order chi connectivity index (χ1) is 17.2. The van der Waals surface area contributed by atoms with Crippen LogP contribution in [0.5, 0.6) is 0 Å². The molecule has 1 aromatic heterocycles. The van der Waals surface area contributed by atoms with Gasteiger partial charge in [0.05, 0.1) is 28.8 Å². The molecule has 1 atom stereocenters. The summed E-state index contributed by atoms with van der Waals surface area (Å²) in [6, 6.07) is 15.9. The van der Waals surface area contributed by atoms with Crippen molar-refractivity contribution in [3.63, 3.8) is 0 Å². The third kappa shape index (κ3) is 5.41. The number of amides is 1. The summed E-state index contributed by atoms with van der Waals surface area (Å²) >= 11 is 1.56. The van der Waals surface area contributed by atoms with Crippen LogP contribution in [0.3, 0.4) is 0 Å². The third-order valence-electron chi connectivity index (χ3n) is 7.07. The standard InChI is InChI=1S/C28H33N3O3S2/c1-4-36(33,34)23-13-7-19(8-14-23)15-25(32)29-28-30-26-24(35-28)17-31(27(26)18(2)3)16-20-5-9-21(10-6-20)22-11-12-22/h5-10,13-14,18,22,27H,4,11-12,15-17H2,1-3H3,(H,29,30,32)/t27-/m0/s1. The normalized spacial score (nSPS) is 17.9. The topological polar surface area (TPSA) is 79.4 Å². The van der Waals surface area contributed by atoms with Gasteiger partial charge in [0.15, 0.2) is 15.0 Å². The quantitative estimate of drug-likeness (QED) is 0.389. The van der Waals surface area contributed by atoms with E-state index < -0.39 is 9.84 Å². The number of benzene rings is 2. The predicted octanol–water partition coefficient (Wildman–Crippen LogP) is 5.71. The second kappa shape index (κ2) is 10.1. The molecule has 36 heavy (non-hydrogen) atoms. The van der Waals surface area contributed by atoms with Crippen LogP contribution >= 0.6 is 11.3 Å². The van der Waals surface area contributed by atoms with E-state index in [1.807, 2.05) is 0 Å². The van der Waals surface area contributed by atoms with E-state index in [0.717, 1.165) is 30.3 Å². The fraction of sp³-hybridized carbons (Fsp3) is 0.429.